The van der Waals surface area contributed by atoms with Crippen LogP contribution in [0.2, 0.25) is 0 Å². The van der Waals surface area contributed by atoms with Crippen molar-refractivity contribution in [2.24, 2.45) is 0 Å². The molecule has 7 heteroatoms. The number of aromatic nitrogens is 3. The molecule has 1 N–H and O–H groups in total. The van der Waals surface area contributed by atoms with Gasteiger partial charge in [-0.3, -0.25) is 9.59 Å². The monoisotopic (exact) mass is 374 g/mol. The van der Waals surface area contributed by atoms with Crippen LogP contribution in [0, 0.1) is 6.92 Å². The molecule has 140 valence electrons. The minimum absolute atomic E-state index is 0.0451. The average Bonchev–Trinajstić information content (AvgIpc) is 3.28. The van der Waals surface area contributed by atoms with Crippen LogP contribution in [0.1, 0.15) is 23.2 Å². The Morgan fingerprint density at radius 2 is 1.96 bits per heavy atom. The Morgan fingerprint density at radius 3 is 2.71 bits per heavy atom. The van der Waals surface area contributed by atoms with E-state index < -0.39 is 0 Å². The molecule has 2 aromatic heterocycles. The van der Waals surface area contributed by atoms with Crippen LogP contribution in [0.25, 0.3) is 22.4 Å². The number of rotatable bonds is 5. The topological polar surface area (TPSA) is 90.0 Å². The van der Waals surface area contributed by atoms with Crippen molar-refractivity contribution in [1.29, 1.82) is 0 Å². The molecule has 0 spiro atoms. The Bertz CT molecular complexity index is 1190. The molecular formula is C21H18N4O3. The smallest absolute Gasteiger partial charge is 0.247 e. The summed E-state index contributed by atoms with van der Waals surface area (Å²) in [5.74, 6) is 0.712. The summed E-state index contributed by atoms with van der Waals surface area (Å²) in [7, 11) is 0. The highest BCUT2D eigenvalue weighted by molar-refractivity contribution is 5.97. The van der Waals surface area contributed by atoms with E-state index in [1.165, 1.54) is 6.92 Å². The molecule has 7 nitrogen and oxygen atoms in total. The predicted molar refractivity (Wildman–Crippen MR) is 105 cm³/mol. The Hall–Kier alpha value is -3.74. The van der Waals surface area contributed by atoms with Gasteiger partial charge in [-0.2, -0.15) is 0 Å². The van der Waals surface area contributed by atoms with Crippen LogP contribution in [-0.2, 0) is 11.3 Å². The Balaban J connectivity index is 1.56. The number of nitrogens with zero attached hydrogens (tertiary/aromatic N) is 3. The summed E-state index contributed by atoms with van der Waals surface area (Å²) in [5.41, 5.74) is 2.84. The van der Waals surface area contributed by atoms with Crippen LogP contribution in [0.3, 0.4) is 0 Å². The van der Waals surface area contributed by atoms with Crippen LogP contribution >= 0.6 is 0 Å². The molecule has 0 unspecified atom stereocenters. The highest BCUT2D eigenvalue weighted by Gasteiger charge is 2.11. The normalized spacial score (nSPS) is 10.9. The molecule has 4 aromatic rings. The van der Waals surface area contributed by atoms with Gasteiger partial charge in [0.25, 0.3) is 0 Å². The van der Waals surface area contributed by atoms with Gasteiger partial charge in [-0.1, -0.05) is 18.2 Å². The van der Waals surface area contributed by atoms with Crippen molar-refractivity contribution in [3.63, 3.8) is 0 Å². The molecule has 0 saturated carbocycles. The van der Waals surface area contributed by atoms with Gasteiger partial charge in [-0.15, -0.1) is 10.2 Å². The number of carbonyl (C=O) groups is 2. The van der Waals surface area contributed by atoms with Crippen LogP contribution in [-0.4, -0.2) is 26.5 Å². The predicted octanol–water partition coefficient (Wildman–Crippen LogP) is 3.84. The summed E-state index contributed by atoms with van der Waals surface area (Å²) in [5, 5.41) is 11.7. The number of amides is 1. The van der Waals surface area contributed by atoms with Crippen molar-refractivity contribution in [2.45, 2.75) is 20.4 Å². The van der Waals surface area contributed by atoms with Gasteiger partial charge in [0.15, 0.2) is 5.78 Å². The molecule has 0 fully saturated rings. The largest absolute Gasteiger partial charge is 0.421 e. The molecule has 0 aliphatic carbocycles. The van der Waals surface area contributed by atoms with Gasteiger partial charge < -0.3 is 14.3 Å². The quantitative estimate of drug-likeness (QED) is 0.536. The van der Waals surface area contributed by atoms with E-state index in [1.54, 1.807) is 31.2 Å². The highest BCUT2D eigenvalue weighted by Crippen LogP contribution is 2.24. The first-order chi connectivity index (χ1) is 13.5. The summed E-state index contributed by atoms with van der Waals surface area (Å²) >= 11 is 0. The number of Topliss-reactive ketones (excluding diaryl/α,β-unsaturated/α-hetero) is 1. The lowest BCUT2D eigenvalue weighted by atomic mass is 10.1. The maximum absolute atomic E-state index is 12.5. The zero-order valence-electron chi connectivity index (χ0n) is 15.5. The molecule has 2 aromatic carbocycles. The van der Waals surface area contributed by atoms with Crippen molar-refractivity contribution < 1.29 is 14.0 Å². The van der Waals surface area contributed by atoms with Gasteiger partial charge in [-0.25, -0.2) is 0 Å². The number of anilines is 1. The van der Waals surface area contributed by atoms with E-state index in [9.17, 15) is 9.59 Å². The minimum Gasteiger partial charge on any atom is -0.421 e. The van der Waals surface area contributed by atoms with Crippen molar-refractivity contribution in [2.75, 3.05) is 5.32 Å². The van der Waals surface area contributed by atoms with Crippen molar-refractivity contribution in [1.82, 2.24) is 14.8 Å². The number of benzene rings is 2. The highest BCUT2D eigenvalue weighted by atomic mass is 16.4. The summed E-state index contributed by atoms with van der Waals surface area (Å²) in [6.07, 6.45) is 1.86. The van der Waals surface area contributed by atoms with Crippen molar-refractivity contribution >= 4 is 28.3 Å². The lowest BCUT2D eigenvalue weighted by molar-refractivity contribution is -0.116. The summed E-state index contributed by atoms with van der Waals surface area (Å²) < 4.78 is 7.34. The summed E-state index contributed by atoms with van der Waals surface area (Å²) in [6.45, 7) is 3.37. The van der Waals surface area contributed by atoms with Gasteiger partial charge in [0.05, 0.1) is 0 Å². The molecule has 4 rings (SSSR count). The second-order valence-corrected chi connectivity index (χ2v) is 6.53. The second kappa shape index (κ2) is 7.11. The number of hydrogen-bond donors (Lipinski definition) is 1. The van der Waals surface area contributed by atoms with Crippen LogP contribution in [0.5, 0.6) is 0 Å². The van der Waals surface area contributed by atoms with E-state index in [0.29, 0.717) is 23.0 Å². The zero-order valence-corrected chi connectivity index (χ0v) is 15.5. The Kier molecular flexibility index (Phi) is 4.49. The van der Waals surface area contributed by atoms with E-state index in [-0.39, 0.29) is 18.2 Å². The number of carbonyl (C=O) groups excluding carboxylic acids is 2. The van der Waals surface area contributed by atoms with E-state index in [0.717, 1.165) is 16.5 Å². The maximum atomic E-state index is 12.5. The second-order valence-electron chi connectivity index (χ2n) is 6.53. The molecule has 0 radical (unpaired) electrons. The molecule has 1 amide bonds. The van der Waals surface area contributed by atoms with Crippen LogP contribution in [0.15, 0.2) is 59.1 Å². The number of hydrogen-bond acceptors (Lipinski definition) is 5. The first kappa shape index (κ1) is 17.7. The molecule has 0 aliphatic rings. The average molecular weight is 374 g/mol. The minimum atomic E-state index is -0.183. The number of aryl methyl sites for hydroxylation is 1. The molecule has 0 aliphatic heterocycles. The number of ketones is 1. The summed E-state index contributed by atoms with van der Waals surface area (Å²) in [6, 6.07) is 14.6. The fraction of sp³-hybridized carbons (Fsp3) is 0.143. The van der Waals surface area contributed by atoms with Crippen molar-refractivity contribution in [3.8, 4) is 11.5 Å². The van der Waals surface area contributed by atoms with E-state index >= 15 is 0 Å². The molecular weight excluding hydrogens is 356 g/mol. The fourth-order valence-corrected chi connectivity index (χ4v) is 3.04. The van der Waals surface area contributed by atoms with E-state index in [4.69, 9.17) is 4.42 Å². The SMILES string of the molecule is CC(=O)c1cccc(NC(=O)Cn2ccc3ccc(-c4nnc(C)o4)cc32)c1. The van der Waals surface area contributed by atoms with Gasteiger partial charge in [0.1, 0.15) is 6.54 Å². The summed E-state index contributed by atoms with van der Waals surface area (Å²) in [4.78, 5) is 24.0. The third kappa shape index (κ3) is 3.55. The van der Waals surface area contributed by atoms with Gasteiger partial charge >= 0.3 is 0 Å². The van der Waals surface area contributed by atoms with Gasteiger partial charge in [0.2, 0.25) is 17.7 Å². The third-order valence-electron chi connectivity index (χ3n) is 4.41. The third-order valence-corrected chi connectivity index (χ3v) is 4.41. The van der Waals surface area contributed by atoms with Crippen LogP contribution in [0.4, 0.5) is 5.69 Å². The number of nitrogens with one attached hydrogen (secondary N) is 1. The molecule has 2 heterocycles. The lowest BCUT2D eigenvalue weighted by Gasteiger charge is -2.09. The Morgan fingerprint density at radius 1 is 1.11 bits per heavy atom. The van der Waals surface area contributed by atoms with Gasteiger partial charge in [0, 0.05) is 35.5 Å². The van der Waals surface area contributed by atoms with Crippen LogP contribution < -0.4 is 5.32 Å². The zero-order chi connectivity index (χ0) is 19.7. The van der Waals surface area contributed by atoms with E-state index in [1.807, 2.05) is 35.0 Å². The van der Waals surface area contributed by atoms with Gasteiger partial charge in [-0.05, 0) is 42.6 Å². The van der Waals surface area contributed by atoms with Crippen molar-refractivity contribution in [3.05, 3.63) is 66.2 Å². The lowest BCUT2D eigenvalue weighted by Crippen LogP contribution is -2.18. The molecule has 28 heavy (non-hydrogen) atoms. The first-order valence-electron chi connectivity index (χ1n) is 8.80. The molecule has 0 atom stereocenters. The molecule has 0 bridgehead atoms. The van der Waals surface area contributed by atoms with E-state index in [2.05, 4.69) is 15.5 Å². The maximum Gasteiger partial charge on any atom is 0.247 e. The standard InChI is InChI=1S/C21H18N4O3/c1-13(26)16-4-3-5-18(10-16)22-20(27)12-25-9-8-15-6-7-17(11-19(15)25)21-24-23-14(2)28-21/h3-11H,12H2,1-2H3,(H,22,27). The number of fused-ring (bicyclic) bond motifs is 1. The molecule has 0 saturated heterocycles. The first-order valence-corrected chi connectivity index (χ1v) is 8.80. The Labute approximate surface area is 161 Å². The fourth-order valence-electron chi connectivity index (χ4n) is 3.04.